The van der Waals surface area contributed by atoms with E-state index in [9.17, 15) is 18.4 Å². The molecule has 0 aliphatic carbocycles. The second-order valence-corrected chi connectivity index (χ2v) is 7.43. The second kappa shape index (κ2) is 14.6. The number of pyridine rings is 1. The molecular formula is C22H32F2N2O5S. The van der Waals surface area contributed by atoms with Crippen LogP contribution in [0.4, 0.5) is 8.78 Å². The molecule has 32 heavy (non-hydrogen) atoms. The van der Waals surface area contributed by atoms with Crippen molar-refractivity contribution in [1.29, 1.82) is 0 Å². The van der Waals surface area contributed by atoms with Gasteiger partial charge in [0.15, 0.2) is 0 Å². The van der Waals surface area contributed by atoms with Gasteiger partial charge in [-0.1, -0.05) is 27.7 Å². The molecule has 1 amide bonds. The fraction of sp³-hybridized carbons (Fsp3) is 0.455. The first-order valence-electron chi connectivity index (χ1n) is 10.2. The fourth-order valence-electron chi connectivity index (χ4n) is 2.56. The normalized spacial score (nSPS) is 11.8. The molecular weight excluding hydrogens is 442 g/mol. The van der Waals surface area contributed by atoms with Crippen LogP contribution in [0.2, 0.25) is 0 Å². The van der Waals surface area contributed by atoms with Gasteiger partial charge in [0, 0.05) is 36.0 Å². The van der Waals surface area contributed by atoms with Gasteiger partial charge in [0.05, 0.1) is 11.9 Å². The number of amides is 1. The van der Waals surface area contributed by atoms with Crippen LogP contribution in [0.25, 0.3) is 11.1 Å². The number of nitrogens with one attached hydrogen (secondary N) is 1. The minimum absolute atomic E-state index is 0.0251. The van der Waals surface area contributed by atoms with Crippen LogP contribution in [0.5, 0.6) is 5.75 Å². The summed E-state index contributed by atoms with van der Waals surface area (Å²) >= 11 is 1.18. The molecule has 10 heteroatoms. The van der Waals surface area contributed by atoms with Crippen molar-refractivity contribution >= 4 is 17.7 Å². The van der Waals surface area contributed by atoms with Crippen molar-refractivity contribution in [1.82, 2.24) is 10.0 Å². The van der Waals surface area contributed by atoms with Crippen LogP contribution in [0.1, 0.15) is 41.0 Å². The van der Waals surface area contributed by atoms with Gasteiger partial charge in [-0.15, -0.1) is 16.8 Å². The summed E-state index contributed by atoms with van der Waals surface area (Å²) in [4.78, 5) is 28.0. The molecule has 2 rings (SSSR count). The van der Waals surface area contributed by atoms with Gasteiger partial charge in [-0.05, 0) is 31.7 Å². The molecule has 2 aromatic rings. The Morgan fingerprint density at radius 1 is 1.16 bits per heavy atom. The number of ether oxygens (including phenoxy) is 1. The molecule has 0 fully saturated rings. The third-order valence-electron chi connectivity index (χ3n) is 4.44. The minimum Gasteiger partial charge on any atom is -0.497 e. The monoisotopic (exact) mass is 474 g/mol. The molecule has 180 valence electrons. The molecule has 0 aliphatic heterocycles. The fourth-order valence-corrected chi connectivity index (χ4v) is 3.08. The molecule has 0 aliphatic rings. The number of hydroxylamine groups is 1. The summed E-state index contributed by atoms with van der Waals surface area (Å²) in [6.45, 7) is 9.62. The zero-order valence-corrected chi connectivity index (χ0v) is 20.3. The first-order chi connectivity index (χ1) is 15.3. The zero-order valence-electron chi connectivity index (χ0n) is 19.5. The van der Waals surface area contributed by atoms with Gasteiger partial charge in [0.1, 0.15) is 17.4 Å². The lowest BCUT2D eigenvalue weighted by Crippen LogP contribution is -2.42. The van der Waals surface area contributed by atoms with Crippen LogP contribution in [-0.4, -0.2) is 33.8 Å². The van der Waals surface area contributed by atoms with E-state index in [1.165, 1.54) is 31.0 Å². The van der Waals surface area contributed by atoms with Crippen molar-refractivity contribution < 1.29 is 28.6 Å². The summed E-state index contributed by atoms with van der Waals surface area (Å²) in [5.41, 5.74) is 1.06. The van der Waals surface area contributed by atoms with E-state index in [0.717, 1.165) is 22.9 Å². The van der Waals surface area contributed by atoms with E-state index in [1.807, 2.05) is 33.2 Å². The molecule has 1 aromatic heterocycles. The third kappa shape index (κ3) is 7.61. The standard InChI is InChI=1S/C18H20F2N2O5S.2C2H6/c1-18(28-3,17(24)21-27-25)6-7-22-10-15(20)13(9-16(22)23)12-5-4-11(26-2)8-14(12)19;2*1-2/h4-5,8-10,25H,6-7H2,1-3H3,(H,21,24);2*1-2H3. The lowest BCUT2D eigenvalue weighted by molar-refractivity contribution is -0.285. The molecule has 0 saturated carbocycles. The Kier molecular flexibility index (Phi) is 13.5. The predicted molar refractivity (Wildman–Crippen MR) is 124 cm³/mol. The van der Waals surface area contributed by atoms with Gasteiger partial charge in [-0.25, -0.2) is 19.5 Å². The maximum absolute atomic E-state index is 14.6. The second-order valence-electron chi connectivity index (χ2n) is 6.12. The molecule has 1 atom stereocenters. The van der Waals surface area contributed by atoms with E-state index in [0.29, 0.717) is 0 Å². The van der Waals surface area contributed by atoms with Gasteiger partial charge >= 0.3 is 0 Å². The molecule has 1 aromatic carbocycles. The quantitative estimate of drug-likeness (QED) is 0.418. The van der Waals surface area contributed by atoms with Gasteiger partial charge < -0.3 is 9.30 Å². The number of hydrogen-bond acceptors (Lipinski definition) is 6. The highest BCUT2D eigenvalue weighted by Gasteiger charge is 2.32. The maximum atomic E-state index is 14.6. The number of aromatic nitrogens is 1. The van der Waals surface area contributed by atoms with Gasteiger partial charge in [0.2, 0.25) is 0 Å². The number of hydrogen-bond donors (Lipinski definition) is 2. The molecule has 0 bridgehead atoms. The molecule has 7 nitrogen and oxygen atoms in total. The Hall–Kier alpha value is -2.43. The van der Waals surface area contributed by atoms with E-state index in [4.69, 9.17) is 9.99 Å². The van der Waals surface area contributed by atoms with Crippen molar-refractivity contribution in [3.63, 3.8) is 0 Å². The lowest BCUT2D eigenvalue weighted by Gasteiger charge is -2.25. The topological polar surface area (TPSA) is 89.8 Å². The van der Waals surface area contributed by atoms with E-state index in [2.05, 4.69) is 4.99 Å². The van der Waals surface area contributed by atoms with Crippen LogP contribution in [0.3, 0.4) is 0 Å². The largest absolute Gasteiger partial charge is 0.497 e. The molecule has 0 spiro atoms. The number of aryl methyl sites for hydroxylation is 1. The lowest BCUT2D eigenvalue weighted by atomic mass is 10.0. The number of methoxy groups -OCH3 is 1. The van der Waals surface area contributed by atoms with E-state index in [-0.39, 0.29) is 29.8 Å². The number of halogens is 2. The summed E-state index contributed by atoms with van der Waals surface area (Å²) in [7, 11) is 1.38. The zero-order chi connectivity index (χ0) is 24.9. The van der Waals surface area contributed by atoms with E-state index >= 15 is 0 Å². The average Bonchev–Trinajstić information content (AvgIpc) is 2.82. The highest BCUT2D eigenvalue weighted by atomic mass is 32.2. The maximum Gasteiger partial charge on any atom is 0.261 e. The summed E-state index contributed by atoms with van der Waals surface area (Å²) in [6.07, 6.45) is 2.80. The van der Waals surface area contributed by atoms with Crippen molar-refractivity contribution in [2.24, 2.45) is 0 Å². The third-order valence-corrected chi connectivity index (χ3v) is 5.73. The van der Waals surface area contributed by atoms with Crippen LogP contribution in [0, 0.1) is 11.6 Å². The smallest absolute Gasteiger partial charge is 0.261 e. The Bertz CT molecular complexity index is 924. The number of rotatable bonds is 8. The molecule has 1 heterocycles. The molecule has 2 N–H and O–H groups in total. The number of nitrogens with zero attached hydrogens (tertiary/aromatic N) is 1. The number of carbonyl (C=O) groups excluding carboxylic acids is 1. The van der Waals surface area contributed by atoms with Crippen LogP contribution in [-0.2, 0) is 16.3 Å². The number of benzene rings is 1. The SMILES string of the molecule is CC.CC.COc1ccc(-c2cc(=O)n(CCC(C)(SC)C(=O)NOO)cc2F)c(F)c1. The van der Waals surface area contributed by atoms with Crippen molar-refractivity contribution in [2.75, 3.05) is 13.4 Å². The average molecular weight is 475 g/mol. The number of carbonyl (C=O) groups is 1. The summed E-state index contributed by atoms with van der Waals surface area (Å²) in [5.74, 6) is -1.83. The first kappa shape index (κ1) is 29.6. The number of thioether (sulfide) groups is 1. The molecule has 0 radical (unpaired) electrons. The van der Waals surface area contributed by atoms with Gasteiger partial charge in [-0.3, -0.25) is 9.59 Å². The van der Waals surface area contributed by atoms with Crippen LogP contribution < -0.4 is 15.8 Å². The van der Waals surface area contributed by atoms with E-state index in [1.54, 1.807) is 13.2 Å². The van der Waals surface area contributed by atoms with Gasteiger partial charge in [0.25, 0.3) is 11.5 Å². The highest BCUT2D eigenvalue weighted by Crippen LogP contribution is 2.29. The predicted octanol–water partition coefficient (Wildman–Crippen LogP) is 4.89. The first-order valence-corrected chi connectivity index (χ1v) is 11.4. The van der Waals surface area contributed by atoms with Crippen molar-refractivity contribution in [2.45, 2.75) is 52.3 Å². The van der Waals surface area contributed by atoms with Crippen molar-refractivity contribution in [3.05, 3.63) is 52.5 Å². The molecule has 1 unspecified atom stereocenters. The van der Waals surface area contributed by atoms with Crippen molar-refractivity contribution in [3.8, 4) is 16.9 Å². The van der Waals surface area contributed by atoms with Crippen LogP contribution in [0.15, 0.2) is 35.3 Å². The Morgan fingerprint density at radius 2 is 1.78 bits per heavy atom. The minimum atomic E-state index is -1.03. The van der Waals surface area contributed by atoms with Gasteiger partial charge in [-0.2, -0.15) is 0 Å². The van der Waals surface area contributed by atoms with E-state index < -0.39 is 27.8 Å². The highest BCUT2D eigenvalue weighted by molar-refractivity contribution is 8.00. The van der Waals surface area contributed by atoms with Crippen LogP contribution >= 0.6 is 11.8 Å². The summed E-state index contributed by atoms with van der Waals surface area (Å²) in [6, 6.07) is 4.91. The summed E-state index contributed by atoms with van der Waals surface area (Å²) in [5, 5.41) is 8.37. The summed E-state index contributed by atoms with van der Waals surface area (Å²) < 4.78 is 33.8. The molecule has 0 saturated heterocycles. The Labute approximate surface area is 191 Å². The Balaban J connectivity index is 0.00000227. The Morgan fingerprint density at radius 3 is 2.28 bits per heavy atom.